The predicted molar refractivity (Wildman–Crippen MR) is 75.0 cm³/mol. The summed E-state index contributed by atoms with van der Waals surface area (Å²) in [4.78, 5) is 6.26. The maximum atomic E-state index is 8.83. The topological polar surface area (TPSA) is 104 Å². The van der Waals surface area contributed by atoms with Gasteiger partial charge in [-0.2, -0.15) is 0 Å². The molecule has 1 saturated heterocycles. The van der Waals surface area contributed by atoms with E-state index in [1.54, 1.807) is 18.5 Å². The molecule has 20 heavy (non-hydrogen) atoms. The summed E-state index contributed by atoms with van der Waals surface area (Å²) in [5, 5.41) is 20.6. The molecule has 0 aromatic carbocycles. The van der Waals surface area contributed by atoms with Crippen molar-refractivity contribution in [2.24, 2.45) is 10.9 Å². The van der Waals surface area contributed by atoms with E-state index in [0.717, 1.165) is 31.6 Å². The van der Waals surface area contributed by atoms with Gasteiger partial charge >= 0.3 is 0 Å². The molecule has 1 aromatic heterocycles. The van der Waals surface area contributed by atoms with Gasteiger partial charge in [0.05, 0.1) is 31.2 Å². The minimum absolute atomic E-state index is 0.0520. The Kier molecular flexibility index (Phi) is 5.14. The van der Waals surface area contributed by atoms with E-state index in [1.165, 1.54) is 0 Å². The summed E-state index contributed by atoms with van der Waals surface area (Å²) < 4.78 is 5.53. The molecular formula is C13H20N4O3. The van der Waals surface area contributed by atoms with Crippen LogP contribution in [0.1, 0.15) is 18.4 Å². The highest BCUT2D eigenvalue weighted by molar-refractivity contribution is 6.02. The first kappa shape index (κ1) is 14.5. The minimum Gasteiger partial charge on any atom is -0.409 e. The van der Waals surface area contributed by atoms with Gasteiger partial charge in [-0.3, -0.25) is 4.98 Å². The molecular weight excluding hydrogens is 260 g/mol. The van der Waals surface area contributed by atoms with Crippen LogP contribution >= 0.6 is 0 Å². The molecule has 7 heteroatoms. The largest absolute Gasteiger partial charge is 0.409 e. The Labute approximate surface area is 117 Å². The summed E-state index contributed by atoms with van der Waals surface area (Å²) in [5.74, 6) is 0.0843. The van der Waals surface area contributed by atoms with Crippen molar-refractivity contribution < 1.29 is 15.1 Å². The molecule has 0 aliphatic carbocycles. The number of nitrogens with zero attached hydrogens (tertiary/aromatic N) is 3. The number of ether oxygens (including phenoxy) is 1. The monoisotopic (exact) mass is 280 g/mol. The van der Waals surface area contributed by atoms with Gasteiger partial charge in [-0.05, 0) is 18.9 Å². The number of piperidine rings is 1. The number of aromatic nitrogens is 1. The fraction of sp³-hybridized carbons (Fsp3) is 0.538. The van der Waals surface area contributed by atoms with E-state index < -0.39 is 0 Å². The molecule has 0 spiro atoms. The van der Waals surface area contributed by atoms with Gasteiger partial charge in [0.15, 0.2) is 5.84 Å². The number of hydrogen-bond acceptors (Lipinski definition) is 6. The number of aliphatic hydroxyl groups is 1. The van der Waals surface area contributed by atoms with E-state index >= 15 is 0 Å². The molecule has 7 nitrogen and oxygen atoms in total. The van der Waals surface area contributed by atoms with Crippen LogP contribution in [0, 0.1) is 0 Å². The number of nitrogens with two attached hydrogens (primary N) is 1. The number of amidine groups is 1. The van der Waals surface area contributed by atoms with Crippen LogP contribution in [0.3, 0.4) is 0 Å². The smallest absolute Gasteiger partial charge is 0.172 e. The van der Waals surface area contributed by atoms with Crippen molar-refractivity contribution in [3.63, 3.8) is 0 Å². The molecule has 1 aliphatic heterocycles. The molecule has 1 aromatic rings. The quantitative estimate of drug-likeness (QED) is 0.307. The highest BCUT2D eigenvalue weighted by atomic mass is 16.5. The lowest BCUT2D eigenvalue weighted by Gasteiger charge is -2.34. The summed E-state index contributed by atoms with van der Waals surface area (Å²) in [6.07, 6.45) is 5.29. The van der Waals surface area contributed by atoms with Crippen LogP contribution < -0.4 is 10.6 Å². The van der Waals surface area contributed by atoms with Crippen LogP contribution in [0.25, 0.3) is 0 Å². The van der Waals surface area contributed by atoms with Crippen molar-refractivity contribution in [1.29, 1.82) is 0 Å². The van der Waals surface area contributed by atoms with E-state index in [9.17, 15) is 0 Å². The Balaban J connectivity index is 2.04. The van der Waals surface area contributed by atoms with Gasteiger partial charge in [0, 0.05) is 24.8 Å². The Bertz CT molecular complexity index is 459. The van der Waals surface area contributed by atoms with Crippen molar-refractivity contribution in [3.8, 4) is 0 Å². The number of hydrogen-bond donors (Lipinski definition) is 3. The molecule has 0 bridgehead atoms. The standard InChI is InChI=1S/C13H20N4O3/c14-13(16-19)11-1-4-15-9-12(11)17-5-2-10(3-6-17)20-8-7-18/h1,4,9-10,18-19H,2-3,5-8H2,(H2,14,16). The van der Waals surface area contributed by atoms with Gasteiger partial charge in [-0.15, -0.1) is 0 Å². The average Bonchev–Trinajstić information content (AvgIpc) is 2.52. The van der Waals surface area contributed by atoms with Crippen LogP contribution in [0.2, 0.25) is 0 Å². The lowest BCUT2D eigenvalue weighted by Crippen LogP contribution is -2.38. The Morgan fingerprint density at radius 3 is 2.90 bits per heavy atom. The number of anilines is 1. The van der Waals surface area contributed by atoms with Gasteiger partial charge in [0.2, 0.25) is 0 Å². The normalized spacial score (nSPS) is 17.4. The maximum absolute atomic E-state index is 8.83. The van der Waals surface area contributed by atoms with Gasteiger partial charge in [-0.1, -0.05) is 5.16 Å². The van der Waals surface area contributed by atoms with E-state index in [4.69, 9.17) is 20.8 Å². The van der Waals surface area contributed by atoms with Crippen molar-refractivity contribution >= 4 is 11.5 Å². The minimum atomic E-state index is 0.0520. The molecule has 0 unspecified atom stereocenters. The second-order valence-corrected chi connectivity index (χ2v) is 4.66. The van der Waals surface area contributed by atoms with Gasteiger partial charge in [-0.25, -0.2) is 0 Å². The third-order valence-corrected chi connectivity index (χ3v) is 3.41. The molecule has 2 rings (SSSR count). The fourth-order valence-corrected chi connectivity index (χ4v) is 2.39. The summed E-state index contributed by atoms with van der Waals surface area (Å²) in [7, 11) is 0. The third kappa shape index (κ3) is 3.37. The molecule has 4 N–H and O–H groups in total. The average molecular weight is 280 g/mol. The zero-order chi connectivity index (χ0) is 14.4. The Morgan fingerprint density at radius 2 is 2.25 bits per heavy atom. The first-order valence-electron chi connectivity index (χ1n) is 6.65. The molecule has 0 amide bonds. The van der Waals surface area contributed by atoms with E-state index in [2.05, 4.69) is 15.0 Å². The molecule has 0 saturated carbocycles. The second-order valence-electron chi connectivity index (χ2n) is 4.66. The van der Waals surface area contributed by atoms with Crippen molar-refractivity contribution in [2.45, 2.75) is 18.9 Å². The highest BCUT2D eigenvalue weighted by Crippen LogP contribution is 2.24. The Hall–Kier alpha value is -1.86. The Morgan fingerprint density at radius 1 is 1.50 bits per heavy atom. The molecule has 0 atom stereocenters. The van der Waals surface area contributed by atoms with Crippen LogP contribution in [-0.2, 0) is 4.74 Å². The lowest BCUT2D eigenvalue weighted by atomic mass is 10.1. The van der Waals surface area contributed by atoms with Crippen LogP contribution in [0.15, 0.2) is 23.6 Å². The first-order chi connectivity index (χ1) is 9.76. The van der Waals surface area contributed by atoms with Crippen molar-refractivity contribution in [1.82, 2.24) is 4.98 Å². The number of pyridine rings is 1. The first-order valence-corrected chi connectivity index (χ1v) is 6.65. The second kappa shape index (κ2) is 7.06. The van der Waals surface area contributed by atoms with Gasteiger partial charge in [0.1, 0.15) is 0 Å². The summed E-state index contributed by atoms with van der Waals surface area (Å²) in [5.41, 5.74) is 7.23. The summed E-state index contributed by atoms with van der Waals surface area (Å²) in [6, 6.07) is 1.73. The van der Waals surface area contributed by atoms with Crippen LogP contribution in [0.4, 0.5) is 5.69 Å². The highest BCUT2D eigenvalue weighted by Gasteiger charge is 2.22. The number of rotatable bonds is 5. The predicted octanol–water partition coefficient (Wildman–Crippen LogP) is 0.154. The summed E-state index contributed by atoms with van der Waals surface area (Å²) in [6.45, 7) is 2.06. The van der Waals surface area contributed by atoms with Crippen LogP contribution in [-0.4, -0.2) is 53.5 Å². The number of aliphatic hydroxyl groups excluding tert-OH is 1. The van der Waals surface area contributed by atoms with Crippen LogP contribution in [0.5, 0.6) is 0 Å². The molecule has 2 heterocycles. The zero-order valence-corrected chi connectivity index (χ0v) is 11.3. The number of oxime groups is 1. The molecule has 110 valence electrons. The van der Waals surface area contributed by atoms with E-state index in [-0.39, 0.29) is 18.5 Å². The SMILES string of the molecule is N/C(=N/O)c1ccncc1N1CCC(OCCO)CC1. The fourth-order valence-electron chi connectivity index (χ4n) is 2.39. The van der Waals surface area contributed by atoms with E-state index in [1.807, 2.05) is 0 Å². The van der Waals surface area contributed by atoms with E-state index in [0.29, 0.717) is 12.2 Å². The third-order valence-electron chi connectivity index (χ3n) is 3.41. The maximum Gasteiger partial charge on any atom is 0.172 e. The zero-order valence-electron chi connectivity index (χ0n) is 11.3. The molecule has 1 fully saturated rings. The van der Waals surface area contributed by atoms with Gasteiger partial charge < -0.3 is 25.7 Å². The van der Waals surface area contributed by atoms with Crippen molar-refractivity contribution in [3.05, 3.63) is 24.0 Å². The van der Waals surface area contributed by atoms with Crippen molar-refractivity contribution in [2.75, 3.05) is 31.2 Å². The van der Waals surface area contributed by atoms with Gasteiger partial charge in [0.25, 0.3) is 0 Å². The molecule has 0 radical (unpaired) electrons. The molecule has 1 aliphatic rings. The summed E-state index contributed by atoms with van der Waals surface area (Å²) >= 11 is 0. The lowest BCUT2D eigenvalue weighted by molar-refractivity contribution is 0.0159.